The minimum atomic E-state index is -0.191. The van der Waals surface area contributed by atoms with E-state index in [4.69, 9.17) is 4.74 Å². The maximum Gasteiger partial charge on any atom is 0.163 e. The lowest BCUT2D eigenvalue weighted by molar-refractivity contribution is -0.116. The van der Waals surface area contributed by atoms with Gasteiger partial charge in [0.25, 0.3) is 0 Å². The first-order valence-electron chi connectivity index (χ1n) is 9.79. The van der Waals surface area contributed by atoms with Crippen LogP contribution in [0.2, 0.25) is 0 Å². The van der Waals surface area contributed by atoms with Crippen molar-refractivity contribution in [2.45, 2.75) is 24.8 Å². The van der Waals surface area contributed by atoms with Crippen LogP contribution in [-0.4, -0.2) is 12.9 Å². The molecule has 2 aliphatic rings. The number of ketones is 1. The Balaban J connectivity index is 1.60. The van der Waals surface area contributed by atoms with Crippen LogP contribution in [0.4, 0.5) is 11.4 Å². The number of methoxy groups -OCH3 is 1. The fourth-order valence-electron chi connectivity index (χ4n) is 4.26. The highest BCUT2D eigenvalue weighted by atomic mass is 32.1. The molecule has 0 spiro atoms. The summed E-state index contributed by atoms with van der Waals surface area (Å²) >= 11 is 1.73. The van der Waals surface area contributed by atoms with Crippen molar-refractivity contribution in [3.63, 3.8) is 0 Å². The van der Waals surface area contributed by atoms with Gasteiger partial charge in [-0.25, -0.2) is 0 Å². The van der Waals surface area contributed by atoms with Crippen molar-refractivity contribution in [2.24, 2.45) is 0 Å². The topological polar surface area (TPSA) is 50.4 Å². The number of Topliss-reactive ketones (excluding diaryl/α,β-unsaturated/α-hetero) is 1. The smallest absolute Gasteiger partial charge is 0.163 e. The van der Waals surface area contributed by atoms with E-state index in [2.05, 4.69) is 40.3 Å². The first kappa shape index (κ1) is 18.0. The molecule has 3 aromatic rings. The third-order valence-electron chi connectivity index (χ3n) is 5.70. The molecule has 1 aromatic heterocycles. The lowest BCUT2D eigenvalue weighted by Crippen LogP contribution is -2.26. The molecule has 1 aliphatic carbocycles. The van der Waals surface area contributed by atoms with Crippen molar-refractivity contribution in [1.82, 2.24) is 0 Å². The number of fused-ring (bicyclic) bond motifs is 1. The first-order chi connectivity index (χ1) is 14.2. The average Bonchev–Trinajstić information content (AvgIpc) is 3.23. The number of hydrogen-bond donors (Lipinski definition) is 2. The molecule has 5 rings (SSSR count). The largest absolute Gasteiger partial charge is 0.497 e. The number of allylic oxidation sites excluding steroid dienone is 1. The van der Waals surface area contributed by atoms with Gasteiger partial charge in [-0.2, -0.15) is 0 Å². The Morgan fingerprint density at radius 3 is 2.48 bits per heavy atom. The van der Waals surface area contributed by atoms with E-state index in [1.54, 1.807) is 18.4 Å². The molecule has 2 atom stereocenters. The maximum atomic E-state index is 13.4. The van der Waals surface area contributed by atoms with Crippen LogP contribution in [0.3, 0.4) is 0 Å². The molecule has 0 unspecified atom stereocenters. The first-order valence-corrected chi connectivity index (χ1v) is 10.7. The predicted molar refractivity (Wildman–Crippen MR) is 118 cm³/mol. The van der Waals surface area contributed by atoms with Gasteiger partial charge in [0, 0.05) is 28.5 Å². The molecule has 2 heterocycles. The van der Waals surface area contributed by atoms with Crippen molar-refractivity contribution in [1.29, 1.82) is 0 Å². The lowest BCUT2D eigenvalue weighted by atomic mass is 9.81. The van der Waals surface area contributed by atoms with E-state index < -0.39 is 0 Å². The number of para-hydroxylation sites is 2. The van der Waals surface area contributed by atoms with Gasteiger partial charge in [0.05, 0.1) is 24.5 Å². The Morgan fingerprint density at radius 2 is 1.76 bits per heavy atom. The molecule has 1 aliphatic heterocycles. The summed E-state index contributed by atoms with van der Waals surface area (Å²) in [6, 6.07) is 20.1. The number of hydrogen-bond acceptors (Lipinski definition) is 5. The zero-order valence-electron chi connectivity index (χ0n) is 16.1. The van der Waals surface area contributed by atoms with Gasteiger partial charge in [0.1, 0.15) is 5.75 Å². The van der Waals surface area contributed by atoms with E-state index in [0.29, 0.717) is 6.42 Å². The summed E-state index contributed by atoms with van der Waals surface area (Å²) in [5.74, 6) is 1.25. The molecule has 0 saturated heterocycles. The van der Waals surface area contributed by atoms with Crippen LogP contribution in [0.25, 0.3) is 0 Å². The van der Waals surface area contributed by atoms with Crippen LogP contribution in [0.1, 0.15) is 35.2 Å². The minimum Gasteiger partial charge on any atom is -0.497 e. The van der Waals surface area contributed by atoms with Gasteiger partial charge in [-0.15, -0.1) is 11.3 Å². The Morgan fingerprint density at radius 1 is 0.966 bits per heavy atom. The summed E-state index contributed by atoms with van der Waals surface area (Å²) in [4.78, 5) is 14.7. The molecule has 0 radical (unpaired) electrons. The summed E-state index contributed by atoms with van der Waals surface area (Å²) < 4.78 is 5.31. The van der Waals surface area contributed by atoms with E-state index in [9.17, 15) is 4.79 Å². The van der Waals surface area contributed by atoms with E-state index >= 15 is 0 Å². The van der Waals surface area contributed by atoms with Crippen LogP contribution >= 0.6 is 11.3 Å². The summed E-state index contributed by atoms with van der Waals surface area (Å²) in [5, 5.41) is 9.28. The molecule has 4 nitrogen and oxygen atoms in total. The molecular formula is C24H22N2O2S. The summed E-state index contributed by atoms with van der Waals surface area (Å²) in [7, 11) is 1.66. The zero-order valence-corrected chi connectivity index (χ0v) is 17.0. The Labute approximate surface area is 174 Å². The van der Waals surface area contributed by atoms with E-state index in [1.165, 1.54) is 4.88 Å². The molecule has 0 bridgehead atoms. The Kier molecular flexibility index (Phi) is 4.60. The second kappa shape index (κ2) is 7.41. The van der Waals surface area contributed by atoms with Gasteiger partial charge >= 0.3 is 0 Å². The SMILES string of the molecule is COc1ccc([C@@H]2Nc3ccccc3NC3=C2C(=O)C[C@@H](c2cccs2)C3)cc1. The number of anilines is 2. The number of nitrogens with one attached hydrogen (secondary N) is 2. The van der Waals surface area contributed by atoms with Gasteiger partial charge in [0.15, 0.2) is 5.78 Å². The van der Waals surface area contributed by atoms with E-state index in [0.717, 1.165) is 40.4 Å². The Hall–Kier alpha value is -3.05. The van der Waals surface area contributed by atoms with Crippen LogP contribution in [-0.2, 0) is 4.79 Å². The van der Waals surface area contributed by atoms with Crippen molar-refractivity contribution < 1.29 is 9.53 Å². The number of ether oxygens (including phenoxy) is 1. The van der Waals surface area contributed by atoms with Crippen LogP contribution in [0.5, 0.6) is 5.75 Å². The number of carbonyl (C=O) groups excluding carboxylic acids is 1. The second-order valence-corrected chi connectivity index (χ2v) is 8.44. The van der Waals surface area contributed by atoms with Gasteiger partial charge in [-0.3, -0.25) is 4.79 Å². The average molecular weight is 403 g/mol. The molecular weight excluding hydrogens is 380 g/mol. The summed E-state index contributed by atoms with van der Waals surface area (Å²) in [5.41, 5.74) is 4.94. The summed E-state index contributed by atoms with van der Waals surface area (Å²) in [6.45, 7) is 0. The highest BCUT2D eigenvalue weighted by Crippen LogP contribution is 2.44. The van der Waals surface area contributed by atoms with E-state index in [1.807, 2.05) is 36.4 Å². The molecule has 2 N–H and O–H groups in total. The van der Waals surface area contributed by atoms with Crippen molar-refractivity contribution in [3.05, 3.63) is 87.8 Å². The normalized spacial score (nSPS) is 20.8. The third kappa shape index (κ3) is 3.32. The Bertz CT molecular complexity index is 1070. The number of benzene rings is 2. The fourth-order valence-corrected chi connectivity index (χ4v) is 5.09. The number of carbonyl (C=O) groups is 1. The number of thiophene rings is 1. The van der Waals surface area contributed by atoms with Crippen LogP contribution < -0.4 is 15.4 Å². The monoisotopic (exact) mass is 402 g/mol. The highest BCUT2D eigenvalue weighted by molar-refractivity contribution is 7.10. The maximum absolute atomic E-state index is 13.4. The van der Waals surface area contributed by atoms with Crippen molar-refractivity contribution >= 4 is 28.5 Å². The lowest BCUT2D eigenvalue weighted by Gasteiger charge is -2.29. The molecule has 146 valence electrons. The van der Waals surface area contributed by atoms with Gasteiger partial charge in [0.2, 0.25) is 0 Å². The highest BCUT2D eigenvalue weighted by Gasteiger charge is 2.36. The molecule has 0 amide bonds. The van der Waals surface area contributed by atoms with Gasteiger partial charge in [-0.1, -0.05) is 30.3 Å². The minimum absolute atomic E-state index is 0.191. The molecule has 0 fully saturated rings. The fraction of sp³-hybridized carbons (Fsp3) is 0.208. The quantitative estimate of drug-likeness (QED) is 0.587. The van der Waals surface area contributed by atoms with Gasteiger partial charge in [-0.05, 0) is 47.7 Å². The molecule has 29 heavy (non-hydrogen) atoms. The summed E-state index contributed by atoms with van der Waals surface area (Å²) in [6.07, 6.45) is 1.38. The van der Waals surface area contributed by atoms with Gasteiger partial charge < -0.3 is 15.4 Å². The third-order valence-corrected chi connectivity index (χ3v) is 6.74. The zero-order chi connectivity index (χ0) is 19.8. The molecule has 2 aromatic carbocycles. The van der Waals surface area contributed by atoms with Crippen LogP contribution in [0, 0.1) is 0 Å². The number of rotatable bonds is 3. The van der Waals surface area contributed by atoms with Crippen molar-refractivity contribution in [2.75, 3.05) is 17.7 Å². The standard InChI is InChI=1S/C24H22N2O2S/c1-28-17-10-8-15(9-11-17)24-23-20(25-18-5-2-3-6-19(18)26-24)13-16(14-21(23)27)22-7-4-12-29-22/h2-12,16,24-26H,13-14H2,1H3/t16-,24-/m0/s1. The van der Waals surface area contributed by atoms with E-state index in [-0.39, 0.29) is 17.7 Å². The van der Waals surface area contributed by atoms with Crippen LogP contribution in [0.15, 0.2) is 77.3 Å². The second-order valence-electron chi connectivity index (χ2n) is 7.46. The van der Waals surface area contributed by atoms with Crippen molar-refractivity contribution in [3.8, 4) is 5.75 Å². The molecule has 5 heteroatoms. The molecule has 0 saturated carbocycles. The predicted octanol–water partition coefficient (Wildman–Crippen LogP) is 5.74.